The van der Waals surface area contributed by atoms with Crippen LogP contribution in [0.5, 0.6) is 5.75 Å². The number of anilines is 2. The summed E-state index contributed by atoms with van der Waals surface area (Å²) in [6.07, 6.45) is 0.622. The maximum atomic E-state index is 12.8. The van der Waals surface area contributed by atoms with Gasteiger partial charge >= 0.3 is 0 Å². The highest BCUT2D eigenvalue weighted by Gasteiger charge is 2.28. The van der Waals surface area contributed by atoms with Crippen molar-refractivity contribution < 1.29 is 22.4 Å². The summed E-state index contributed by atoms with van der Waals surface area (Å²) in [5, 5.41) is 3.52. The lowest BCUT2D eigenvalue weighted by Gasteiger charge is -2.17. The molecular weight excluding hydrogens is 380 g/mol. The van der Waals surface area contributed by atoms with Crippen LogP contribution in [0.15, 0.2) is 46.9 Å². The lowest BCUT2D eigenvalue weighted by molar-refractivity contribution is 0.102. The van der Waals surface area contributed by atoms with Gasteiger partial charge in [0.2, 0.25) is 10.0 Å². The van der Waals surface area contributed by atoms with Crippen molar-refractivity contribution in [3.63, 3.8) is 0 Å². The number of ether oxygens (including phenoxy) is 1. The molecule has 28 heavy (non-hydrogen) atoms. The number of benzene rings is 2. The number of carbonyl (C=O) groups excluding carboxylic acids is 1. The number of hydrogen-bond acceptors (Lipinski definition) is 5. The van der Waals surface area contributed by atoms with E-state index < -0.39 is 10.0 Å². The number of nitrogens with one attached hydrogen (secondary N) is 1. The van der Waals surface area contributed by atoms with E-state index in [1.165, 1.54) is 4.31 Å². The van der Waals surface area contributed by atoms with Crippen molar-refractivity contribution in [2.75, 3.05) is 29.0 Å². The molecule has 1 amide bonds. The van der Waals surface area contributed by atoms with Crippen LogP contribution in [-0.4, -0.2) is 33.7 Å². The Labute approximate surface area is 162 Å². The summed E-state index contributed by atoms with van der Waals surface area (Å²) in [7, 11) is -1.66. The first kappa shape index (κ1) is 18.4. The number of amides is 1. The molecule has 8 heteroatoms. The van der Waals surface area contributed by atoms with E-state index in [9.17, 15) is 13.2 Å². The fourth-order valence-electron chi connectivity index (χ4n) is 3.44. The van der Waals surface area contributed by atoms with E-state index in [-0.39, 0.29) is 11.7 Å². The van der Waals surface area contributed by atoms with Gasteiger partial charge in [-0.05, 0) is 55.8 Å². The van der Waals surface area contributed by atoms with Crippen molar-refractivity contribution in [2.45, 2.75) is 13.3 Å². The fourth-order valence-corrected chi connectivity index (χ4v) is 5.01. The highest BCUT2D eigenvalue weighted by atomic mass is 32.2. The van der Waals surface area contributed by atoms with Gasteiger partial charge in [-0.1, -0.05) is 0 Å². The molecule has 1 saturated heterocycles. The molecule has 0 spiro atoms. The van der Waals surface area contributed by atoms with Crippen molar-refractivity contribution in [3.05, 3.63) is 53.8 Å². The Bertz CT molecular complexity index is 1150. The van der Waals surface area contributed by atoms with Crippen LogP contribution in [0.1, 0.15) is 22.5 Å². The van der Waals surface area contributed by atoms with Gasteiger partial charge in [0.25, 0.3) is 5.91 Å². The lowest BCUT2D eigenvalue weighted by Crippen LogP contribution is -2.25. The molecule has 4 rings (SSSR count). The van der Waals surface area contributed by atoms with Crippen LogP contribution >= 0.6 is 0 Å². The van der Waals surface area contributed by atoms with Crippen LogP contribution in [0.2, 0.25) is 0 Å². The van der Waals surface area contributed by atoms with Gasteiger partial charge in [-0.2, -0.15) is 0 Å². The van der Waals surface area contributed by atoms with Crippen LogP contribution in [0.25, 0.3) is 11.0 Å². The van der Waals surface area contributed by atoms with Crippen molar-refractivity contribution in [2.24, 2.45) is 0 Å². The standard InChI is InChI=1S/C20H20N2O5S/c1-13-19(17-12-16(26-2)8-9-18(17)27-13)20(23)21-14-4-6-15(7-5-14)22-10-3-11-28(22,24)25/h4-9,12H,3,10-11H2,1-2H3,(H,21,23). The maximum Gasteiger partial charge on any atom is 0.259 e. The first-order valence-corrected chi connectivity index (χ1v) is 10.5. The van der Waals surface area contributed by atoms with E-state index in [1.807, 2.05) is 0 Å². The van der Waals surface area contributed by atoms with Crippen LogP contribution in [0, 0.1) is 6.92 Å². The van der Waals surface area contributed by atoms with E-state index in [4.69, 9.17) is 9.15 Å². The van der Waals surface area contributed by atoms with E-state index in [2.05, 4.69) is 5.32 Å². The molecule has 0 atom stereocenters. The van der Waals surface area contributed by atoms with Crippen LogP contribution in [0.3, 0.4) is 0 Å². The smallest absolute Gasteiger partial charge is 0.259 e. The number of sulfonamides is 1. The Morgan fingerprint density at radius 3 is 2.57 bits per heavy atom. The Kier molecular flexibility index (Phi) is 4.50. The second-order valence-electron chi connectivity index (χ2n) is 6.64. The van der Waals surface area contributed by atoms with Crippen molar-refractivity contribution in [3.8, 4) is 5.75 Å². The third-order valence-corrected chi connectivity index (χ3v) is 6.68. The highest BCUT2D eigenvalue weighted by Crippen LogP contribution is 2.30. The van der Waals surface area contributed by atoms with E-state index in [0.29, 0.717) is 52.4 Å². The molecule has 146 valence electrons. The minimum absolute atomic E-state index is 0.168. The van der Waals surface area contributed by atoms with Gasteiger partial charge in [0, 0.05) is 17.6 Å². The third kappa shape index (κ3) is 3.20. The molecule has 0 aliphatic carbocycles. The predicted octanol–water partition coefficient (Wildman–Crippen LogP) is 3.54. The molecule has 1 aromatic heterocycles. The summed E-state index contributed by atoms with van der Waals surface area (Å²) in [6.45, 7) is 2.22. The summed E-state index contributed by atoms with van der Waals surface area (Å²) in [5.74, 6) is 1.02. The van der Waals surface area contributed by atoms with Gasteiger partial charge in [-0.25, -0.2) is 8.42 Å². The number of aryl methyl sites for hydroxylation is 1. The number of nitrogens with zero attached hydrogens (tertiary/aromatic N) is 1. The van der Waals surface area contributed by atoms with E-state index in [0.717, 1.165) is 0 Å². The van der Waals surface area contributed by atoms with Gasteiger partial charge in [-0.3, -0.25) is 9.10 Å². The number of hydrogen-bond donors (Lipinski definition) is 1. The maximum absolute atomic E-state index is 12.8. The molecule has 1 aliphatic heterocycles. The summed E-state index contributed by atoms with van der Waals surface area (Å²) in [5.41, 5.74) is 2.23. The molecule has 3 aromatic rings. The molecule has 0 bridgehead atoms. The molecule has 1 fully saturated rings. The summed E-state index contributed by atoms with van der Waals surface area (Å²) in [6, 6.07) is 12.1. The number of furan rings is 1. The van der Waals surface area contributed by atoms with Gasteiger partial charge in [-0.15, -0.1) is 0 Å². The zero-order valence-electron chi connectivity index (χ0n) is 15.6. The van der Waals surface area contributed by atoms with Gasteiger partial charge in [0.1, 0.15) is 17.1 Å². The zero-order chi connectivity index (χ0) is 19.9. The Morgan fingerprint density at radius 2 is 1.93 bits per heavy atom. The average Bonchev–Trinajstić information content (AvgIpc) is 3.19. The minimum Gasteiger partial charge on any atom is -0.497 e. The molecule has 0 saturated carbocycles. The molecular formula is C20H20N2O5S. The molecule has 7 nitrogen and oxygen atoms in total. The SMILES string of the molecule is COc1ccc2oc(C)c(C(=O)Nc3ccc(N4CCCS4(=O)=O)cc3)c2c1. The number of fused-ring (bicyclic) bond motifs is 1. The van der Waals surface area contributed by atoms with Crippen LogP contribution in [0.4, 0.5) is 11.4 Å². The lowest BCUT2D eigenvalue weighted by atomic mass is 10.1. The highest BCUT2D eigenvalue weighted by molar-refractivity contribution is 7.93. The minimum atomic E-state index is -3.23. The average molecular weight is 400 g/mol. The first-order chi connectivity index (χ1) is 13.4. The molecule has 2 heterocycles. The van der Waals surface area contributed by atoms with Crippen molar-refractivity contribution in [1.82, 2.24) is 0 Å². The van der Waals surface area contributed by atoms with Gasteiger partial charge < -0.3 is 14.5 Å². The molecule has 0 unspecified atom stereocenters. The largest absolute Gasteiger partial charge is 0.497 e. The molecule has 0 radical (unpaired) electrons. The Morgan fingerprint density at radius 1 is 1.18 bits per heavy atom. The van der Waals surface area contributed by atoms with Crippen LogP contribution < -0.4 is 14.4 Å². The van der Waals surface area contributed by atoms with Gasteiger partial charge in [0.05, 0.1) is 24.1 Å². The van der Waals surface area contributed by atoms with Gasteiger partial charge in [0.15, 0.2) is 0 Å². The molecule has 1 N–H and O–H groups in total. The summed E-state index contributed by atoms with van der Waals surface area (Å²) < 4.78 is 36.4. The zero-order valence-corrected chi connectivity index (χ0v) is 16.4. The fraction of sp³-hybridized carbons (Fsp3) is 0.250. The second kappa shape index (κ2) is 6.87. The number of methoxy groups -OCH3 is 1. The van der Waals surface area contributed by atoms with Crippen LogP contribution in [-0.2, 0) is 10.0 Å². The number of carbonyl (C=O) groups is 1. The summed E-state index contributed by atoms with van der Waals surface area (Å²) >= 11 is 0. The summed E-state index contributed by atoms with van der Waals surface area (Å²) in [4.78, 5) is 12.8. The van der Waals surface area contributed by atoms with E-state index in [1.54, 1.807) is 56.5 Å². The Hall–Kier alpha value is -3.00. The van der Waals surface area contributed by atoms with Crippen molar-refractivity contribution >= 4 is 38.3 Å². The number of rotatable bonds is 4. The molecule has 2 aromatic carbocycles. The second-order valence-corrected chi connectivity index (χ2v) is 8.65. The molecule has 1 aliphatic rings. The predicted molar refractivity (Wildman–Crippen MR) is 108 cm³/mol. The third-order valence-electron chi connectivity index (χ3n) is 4.81. The normalized spacial score (nSPS) is 15.7. The Balaban J connectivity index is 1.59. The van der Waals surface area contributed by atoms with Crippen molar-refractivity contribution in [1.29, 1.82) is 0 Å². The topological polar surface area (TPSA) is 88.8 Å². The first-order valence-electron chi connectivity index (χ1n) is 8.88. The quantitative estimate of drug-likeness (QED) is 0.724. The monoisotopic (exact) mass is 400 g/mol. The van der Waals surface area contributed by atoms with E-state index >= 15 is 0 Å².